The Hall–Kier alpha value is -3.28. The van der Waals surface area contributed by atoms with E-state index in [0.29, 0.717) is 34.8 Å². The lowest BCUT2D eigenvalue weighted by molar-refractivity contribution is -0.143. The molecule has 2 N–H and O–H groups in total. The first kappa shape index (κ1) is 18.1. The lowest BCUT2D eigenvalue weighted by atomic mass is 9.71. The van der Waals surface area contributed by atoms with Crippen LogP contribution in [0, 0.1) is 0 Å². The SMILES string of the molecule is O=Cc1ccc(C(CCC(=O)O)(C(=O)O)c2ccc(C=O)cc2)cc1. The summed E-state index contributed by atoms with van der Waals surface area (Å²) in [5.74, 6) is -2.31. The van der Waals surface area contributed by atoms with E-state index in [9.17, 15) is 24.3 Å². The second kappa shape index (κ2) is 7.53. The van der Waals surface area contributed by atoms with Crippen LogP contribution in [0.15, 0.2) is 48.5 Å². The maximum absolute atomic E-state index is 12.2. The molecular formula is C19H16O6. The summed E-state index contributed by atoms with van der Waals surface area (Å²) >= 11 is 0. The van der Waals surface area contributed by atoms with Gasteiger partial charge in [0.05, 0.1) is 0 Å². The molecule has 0 aromatic heterocycles. The highest BCUT2D eigenvalue weighted by Gasteiger charge is 2.42. The molecule has 0 amide bonds. The van der Waals surface area contributed by atoms with Gasteiger partial charge in [-0.15, -0.1) is 0 Å². The smallest absolute Gasteiger partial charge is 0.318 e. The molecule has 0 fully saturated rings. The van der Waals surface area contributed by atoms with Gasteiger partial charge in [0.25, 0.3) is 0 Å². The Kier molecular flexibility index (Phi) is 5.44. The van der Waals surface area contributed by atoms with E-state index in [1.165, 1.54) is 48.5 Å². The van der Waals surface area contributed by atoms with E-state index in [-0.39, 0.29) is 12.8 Å². The topological polar surface area (TPSA) is 109 Å². The van der Waals surface area contributed by atoms with Crippen molar-refractivity contribution in [3.05, 3.63) is 70.8 Å². The number of rotatable bonds is 8. The predicted octanol–water partition coefficient (Wildman–Crippen LogP) is 2.55. The van der Waals surface area contributed by atoms with E-state index in [0.717, 1.165) is 0 Å². The lowest BCUT2D eigenvalue weighted by Gasteiger charge is -2.30. The van der Waals surface area contributed by atoms with Crippen LogP contribution in [0.4, 0.5) is 0 Å². The van der Waals surface area contributed by atoms with Crippen LogP contribution in [-0.4, -0.2) is 34.7 Å². The normalized spacial score (nSPS) is 10.9. The number of aliphatic carboxylic acids is 2. The van der Waals surface area contributed by atoms with Crippen LogP contribution in [0.3, 0.4) is 0 Å². The molecule has 2 aromatic carbocycles. The molecule has 0 unspecified atom stereocenters. The summed E-state index contributed by atoms with van der Waals surface area (Å²) in [4.78, 5) is 44.9. The fraction of sp³-hybridized carbons (Fsp3) is 0.158. The van der Waals surface area contributed by atoms with Gasteiger partial charge in [0.1, 0.15) is 18.0 Å². The lowest BCUT2D eigenvalue weighted by Crippen LogP contribution is -2.37. The molecule has 2 aromatic rings. The van der Waals surface area contributed by atoms with Gasteiger partial charge in [0.15, 0.2) is 0 Å². The fourth-order valence-corrected chi connectivity index (χ4v) is 2.80. The molecule has 0 atom stereocenters. The average molecular weight is 340 g/mol. The Morgan fingerprint density at radius 2 is 1.20 bits per heavy atom. The zero-order chi connectivity index (χ0) is 18.4. The van der Waals surface area contributed by atoms with Crippen LogP contribution >= 0.6 is 0 Å². The van der Waals surface area contributed by atoms with Crippen molar-refractivity contribution in [1.82, 2.24) is 0 Å². The van der Waals surface area contributed by atoms with Gasteiger partial charge in [-0.3, -0.25) is 19.2 Å². The largest absolute Gasteiger partial charge is 0.481 e. The maximum atomic E-state index is 12.2. The van der Waals surface area contributed by atoms with Gasteiger partial charge in [0.2, 0.25) is 0 Å². The fourth-order valence-electron chi connectivity index (χ4n) is 2.80. The van der Waals surface area contributed by atoms with Gasteiger partial charge in [0, 0.05) is 17.5 Å². The van der Waals surface area contributed by atoms with Gasteiger partial charge in [-0.2, -0.15) is 0 Å². The van der Waals surface area contributed by atoms with E-state index in [4.69, 9.17) is 5.11 Å². The van der Waals surface area contributed by atoms with Crippen molar-refractivity contribution in [3.63, 3.8) is 0 Å². The number of benzene rings is 2. The van der Waals surface area contributed by atoms with Crippen molar-refractivity contribution < 1.29 is 29.4 Å². The molecular weight excluding hydrogens is 324 g/mol. The first-order valence-corrected chi connectivity index (χ1v) is 7.50. The zero-order valence-corrected chi connectivity index (χ0v) is 13.2. The quantitative estimate of drug-likeness (QED) is 0.715. The summed E-state index contributed by atoms with van der Waals surface area (Å²) < 4.78 is 0. The third-order valence-electron chi connectivity index (χ3n) is 4.16. The van der Waals surface area contributed by atoms with Gasteiger partial charge >= 0.3 is 11.9 Å². The van der Waals surface area contributed by atoms with Crippen molar-refractivity contribution in [2.75, 3.05) is 0 Å². The first-order chi connectivity index (χ1) is 11.9. The van der Waals surface area contributed by atoms with Crippen molar-refractivity contribution in [2.45, 2.75) is 18.3 Å². The minimum Gasteiger partial charge on any atom is -0.481 e. The minimum absolute atomic E-state index is 0.168. The maximum Gasteiger partial charge on any atom is 0.318 e. The third-order valence-corrected chi connectivity index (χ3v) is 4.16. The van der Waals surface area contributed by atoms with Crippen LogP contribution in [0.5, 0.6) is 0 Å². The van der Waals surface area contributed by atoms with Crippen LogP contribution in [0.1, 0.15) is 44.7 Å². The molecule has 2 rings (SSSR count). The van der Waals surface area contributed by atoms with E-state index in [1.54, 1.807) is 0 Å². The molecule has 0 spiro atoms. The highest BCUT2D eigenvalue weighted by Crippen LogP contribution is 2.37. The number of carboxylic acids is 2. The van der Waals surface area contributed by atoms with E-state index >= 15 is 0 Å². The van der Waals surface area contributed by atoms with Crippen molar-refractivity contribution in [3.8, 4) is 0 Å². The molecule has 0 radical (unpaired) electrons. The number of hydrogen-bond acceptors (Lipinski definition) is 4. The number of hydrogen-bond donors (Lipinski definition) is 2. The Balaban J connectivity index is 2.64. The monoisotopic (exact) mass is 340 g/mol. The van der Waals surface area contributed by atoms with Crippen molar-refractivity contribution >= 4 is 24.5 Å². The number of carbonyl (C=O) groups excluding carboxylic acids is 2. The van der Waals surface area contributed by atoms with E-state index in [2.05, 4.69) is 0 Å². The van der Waals surface area contributed by atoms with Crippen LogP contribution < -0.4 is 0 Å². The van der Waals surface area contributed by atoms with E-state index in [1.807, 2.05) is 0 Å². The summed E-state index contributed by atoms with van der Waals surface area (Å²) in [5, 5.41) is 19.0. The molecule has 0 heterocycles. The zero-order valence-electron chi connectivity index (χ0n) is 13.2. The molecule has 0 bridgehead atoms. The standard InChI is InChI=1S/C19H16O6/c20-11-13-1-5-15(6-2-13)19(18(24)25,10-9-17(22)23)16-7-3-14(12-21)4-8-16/h1-8,11-12H,9-10H2,(H,22,23)(H,24,25). The molecule has 0 saturated carbocycles. The van der Waals surface area contributed by atoms with Gasteiger partial charge in [-0.1, -0.05) is 48.5 Å². The summed E-state index contributed by atoms with van der Waals surface area (Å²) in [6.07, 6.45) is 0.764. The van der Waals surface area contributed by atoms with E-state index < -0.39 is 17.4 Å². The van der Waals surface area contributed by atoms with Crippen molar-refractivity contribution in [2.24, 2.45) is 0 Å². The third kappa shape index (κ3) is 3.63. The predicted molar refractivity (Wildman–Crippen MR) is 88.9 cm³/mol. The summed E-state index contributed by atoms with van der Waals surface area (Å²) in [6.45, 7) is 0. The first-order valence-electron chi connectivity index (χ1n) is 7.50. The Bertz CT molecular complexity index is 738. The Morgan fingerprint density at radius 3 is 1.48 bits per heavy atom. The molecule has 128 valence electrons. The summed E-state index contributed by atoms with van der Waals surface area (Å²) in [6, 6.07) is 12.0. The Labute approximate surface area is 143 Å². The molecule has 0 aliphatic carbocycles. The molecule has 0 aliphatic heterocycles. The van der Waals surface area contributed by atoms with Gasteiger partial charge < -0.3 is 10.2 Å². The van der Waals surface area contributed by atoms with Crippen LogP contribution in [-0.2, 0) is 15.0 Å². The van der Waals surface area contributed by atoms with Crippen LogP contribution in [0.2, 0.25) is 0 Å². The summed E-state index contributed by atoms with van der Waals surface area (Å²) in [7, 11) is 0. The van der Waals surface area contributed by atoms with Crippen molar-refractivity contribution in [1.29, 1.82) is 0 Å². The highest BCUT2D eigenvalue weighted by molar-refractivity contribution is 5.88. The average Bonchev–Trinajstić information content (AvgIpc) is 2.62. The number of carbonyl (C=O) groups is 4. The minimum atomic E-state index is -1.60. The van der Waals surface area contributed by atoms with Crippen LogP contribution in [0.25, 0.3) is 0 Å². The molecule has 6 heteroatoms. The highest BCUT2D eigenvalue weighted by atomic mass is 16.4. The van der Waals surface area contributed by atoms with Gasteiger partial charge in [-0.05, 0) is 17.5 Å². The second-order valence-electron chi connectivity index (χ2n) is 5.58. The molecule has 6 nitrogen and oxygen atoms in total. The number of carboxylic acid groups (broad SMARTS) is 2. The Morgan fingerprint density at radius 1 is 0.800 bits per heavy atom. The molecule has 0 aliphatic rings. The van der Waals surface area contributed by atoms with Gasteiger partial charge in [-0.25, -0.2) is 0 Å². The summed E-state index contributed by atoms with van der Waals surface area (Å²) in [5.41, 5.74) is -0.0899. The molecule has 0 saturated heterocycles. The molecule has 25 heavy (non-hydrogen) atoms. The number of aldehydes is 2. The second-order valence-corrected chi connectivity index (χ2v) is 5.58.